The van der Waals surface area contributed by atoms with Gasteiger partial charge in [0.25, 0.3) is 0 Å². The Morgan fingerprint density at radius 1 is 1.46 bits per heavy atom. The Morgan fingerprint density at radius 3 is 2.71 bits per heavy atom. The van der Waals surface area contributed by atoms with Crippen molar-refractivity contribution in [3.8, 4) is 0 Å². The lowest BCUT2D eigenvalue weighted by Gasteiger charge is -2.65. The zero-order chi connectivity index (χ0) is 17.0. The number of fused-ring (bicyclic) bond motifs is 1. The number of carbonyl (C=O) groups excluding carboxylic acids is 1. The summed E-state index contributed by atoms with van der Waals surface area (Å²) < 4.78 is 7.71. The molecule has 2 heterocycles. The van der Waals surface area contributed by atoms with E-state index in [-0.39, 0.29) is 35.8 Å². The lowest BCUT2D eigenvalue weighted by atomic mass is 9.46. The first-order valence-corrected chi connectivity index (χ1v) is 8.39. The second-order valence-electron chi connectivity index (χ2n) is 7.59. The Morgan fingerprint density at radius 2 is 2.12 bits per heavy atom. The molecule has 3 unspecified atom stereocenters. The molecule has 3 N–H and O–H groups in total. The fraction of sp³-hybridized carbons (Fsp3) is 0.765. The molecule has 0 bridgehead atoms. The van der Waals surface area contributed by atoms with Crippen molar-refractivity contribution in [3.63, 3.8) is 0 Å². The molecule has 0 radical (unpaired) electrons. The van der Waals surface area contributed by atoms with Crippen LogP contribution in [-0.4, -0.2) is 33.9 Å². The topological polar surface area (TPSA) is 82.2 Å². The minimum absolute atomic E-state index is 0. The summed E-state index contributed by atoms with van der Waals surface area (Å²) in [5, 5.41) is 7.45. The maximum Gasteiger partial charge on any atom is 0.241 e. The van der Waals surface area contributed by atoms with Crippen molar-refractivity contribution >= 4 is 18.3 Å². The smallest absolute Gasteiger partial charge is 0.241 e. The molecular weight excluding hydrogens is 328 g/mol. The van der Waals surface area contributed by atoms with Gasteiger partial charge in [-0.15, -0.1) is 12.4 Å². The maximum atomic E-state index is 12.9. The molecule has 1 aromatic rings. The van der Waals surface area contributed by atoms with E-state index in [9.17, 15) is 4.79 Å². The first-order chi connectivity index (χ1) is 10.7. The largest absolute Gasteiger partial charge is 0.377 e. The van der Waals surface area contributed by atoms with Gasteiger partial charge in [-0.2, -0.15) is 5.10 Å². The van der Waals surface area contributed by atoms with Crippen LogP contribution in [0, 0.1) is 25.2 Å². The van der Waals surface area contributed by atoms with Gasteiger partial charge < -0.3 is 15.8 Å². The molecule has 1 saturated heterocycles. The number of hydrogen-bond acceptors (Lipinski definition) is 4. The van der Waals surface area contributed by atoms with E-state index in [0.717, 1.165) is 36.4 Å². The molecule has 136 valence electrons. The Labute approximate surface area is 149 Å². The number of aryl methyl sites for hydroxylation is 2. The number of ether oxygens (including phenoxy) is 1. The van der Waals surface area contributed by atoms with Crippen LogP contribution in [0.15, 0.2) is 0 Å². The summed E-state index contributed by atoms with van der Waals surface area (Å²) in [6.07, 6.45) is 2.03. The molecular formula is C17H29ClN4O2. The first-order valence-electron chi connectivity index (χ1n) is 8.39. The SMILES string of the molecule is Cc1nn(C)c(C)c1CNC(=O)C1(N)C2CCCOC2C1(C)C.Cl. The summed E-state index contributed by atoms with van der Waals surface area (Å²) in [7, 11) is 1.91. The number of nitrogens with one attached hydrogen (secondary N) is 1. The highest BCUT2D eigenvalue weighted by molar-refractivity contribution is 5.89. The van der Waals surface area contributed by atoms with Crippen LogP contribution >= 0.6 is 12.4 Å². The molecule has 1 saturated carbocycles. The quantitative estimate of drug-likeness (QED) is 0.862. The van der Waals surface area contributed by atoms with E-state index in [1.54, 1.807) is 0 Å². The summed E-state index contributed by atoms with van der Waals surface area (Å²) >= 11 is 0. The van der Waals surface area contributed by atoms with Crippen molar-refractivity contribution in [2.75, 3.05) is 6.61 Å². The number of halogens is 1. The molecule has 2 aliphatic rings. The van der Waals surface area contributed by atoms with Gasteiger partial charge in [-0.3, -0.25) is 9.48 Å². The van der Waals surface area contributed by atoms with Crippen LogP contribution in [0.25, 0.3) is 0 Å². The number of rotatable bonds is 3. The van der Waals surface area contributed by atoms with E-state index in [1.165, 1.54) is 0 Å². The zero-order valence-corrected chi connectivity index (χ0v) is 16.0. The van der Waals surface area contributed by atoms with Crippen LogP contribution in [-0.2, 0) is 23.1 Å². The molecule has 1 aromatic heterocycles. The fourth-order valence-corrected chi connectivity index (χ4v) is 4.43. The average Bonchev–Trinajstić information content (AvgIpc) is 2.77. The van der Waals surface area contributed by atoms with Crippen LogP contribution in [0.4, 0.5) is 0 Å². The van der Waals surface area contributed by atoms with Crippen LogP contribution in [0.5, 0.6) is 0 Å². The van der Waals surface area contributed by atoms with Crippen LogP contribution in [0.2, 0.25) is 0 Å². The van der Waals surface area contributed by atoms with Gasteiger partial charge >= 0.3 is 0 Å². The minimum Gasteiger partial charge on any atom is -0.377 e. The van der Waals surface area contributed by atoms with Crippen molar-refractivity contribution < 1.29 is 9.53 Å². The molecule has 7 heteroatoms. The number of nitrogens with zero attached hydrogens (tertiary/aromatic N) is 2. The predicted octanol–water partition coefficient (Wildman–Crippen LogP) is 1.61. The molecule has 1 aliphatic carbocycles. The zero-order valence-electron chi connectivity index (χ0n) is 15.2. The van der Waals surface area contributed by atoms with Gasteiger partial charge in [-0.05, 0) is 26.7 Å². The standard InChI is InChI=1S/C17H28N4O2.ClH/c1-10-12(11(2)21(5)20-10)9-19-15(22)17(18)13-7-6-8-23-14(13)16(17,3)4;/h13-14H,6-9,18H2,1-5H3,(H,19,22);1H. The maximum absolute atomic E-state index is 12.9. The Bertz CT molecular complexity index is 643. The summed E-state index contributed by atoms with van der Waals surface area (Å²) in [4.78, 5) is 12.9. The Balaban J connectivity index is 0.00000208. The van der Waals surface area contributed by atoms with Crippen LogP contribution < -0.4 is 11.1 Å². The number of nitrogens with two attached hydrogens (primary N) is 1. The van der Waals surface area contributed by atoms with Gasteiger partial charge in [0.05, 0.1) is 11.8 Å². The van der Waals surface area contributed by atoms with Gasteiger partial charge in [-0.25, -0.2) is 0 Å². The highest BCUT2D eigenvalue weighted by atomic mass is 35.5. The summed E-state index contributed by atoms with van der Waals surface area (Å²) in [6.45, 7) is 9.30. The number of amides is 1. The molecule has 2 fully saturated rings. The highest BCUT2D eigenvalue weighted by Crippen LogP contribution is 2.57. The molecule has 6 nitrogen and oxygen atoms in total. The molecule has 1 amide bonds. The van der Waals surface area contributed by atoms with Gasteiger partial charge in [0.15, 0.2) is 0 Å². The Kier molecular flexibility index (Phi) is 5.06. The van der Waals surface area contributed by atoms with Crippen molar-refractivity contribution in [3.05, 3.63) is 17.0 Å². The average molecular weight is 357 g/mol. The highest BCUT2D eigenvalue weighted by Gasteiger charge is 2.70. The third kappa shape index (κ3) is 2.47. The third-order valence-electron chi connectivity index (χ3n) is 6.14. The number of carbonyl (C=O) groups is 1. The first kappa shape index (κ1) is 19.2. The molecule has 1 aliphatic heterocycles. The lowest BCUT2D eigenvalue weighted by molar-refractivity contribution is -0.225. The van der Waals surface area contributed by atoms with Crippen molar-refractivity contribution in [1.82, 2.24) is 15.1 Å². The van der Waals surface area contributed by atoms with E-state index >= 15 is 0 Å². The summed E-state index contributed by atoms with van der Waals surface area (Å²) in [5.74, 6) is 0.0410. The molecule has 0 spiro atoms. The van der Waals surface area contributed by atoms with E-state index < -0.39 is 5.54 Å². The van der Waals surface area contributed by atoms with E-state index in [4.69, 9.17) is 10.5 Å². The second-order valence-corrected chi connectivity index (χ2v) is 7.59. The Hall–Kier alpha value is -1.11. The van der Waals surface area contributed by atoms with Crippen LogP contribution in [0.1, 0.15) is 43.6 Å². The van der Waals surface area contributed by atoms with Gasteiger partial charge in [0, 0.05) is 42.8 Å². The van der Waals surface area contributed by atoms with Gasteiger partial charge in [-0.1, -0.05) is 13.8 Å². The van der Waals surface area contributed by atoms with Crippen molar-refractivity contribution in [2.45, 2.75) is 58.7 Å². The molecule has 24 heavy (non-hydrogen) atoms. The molecule has 0 aromatic carbocycles. The predicted molar refractivity (Wildman–Crippen MR) is 94.9 cm³/mol. The summed E-state index contributed by atoms with van der Waals surface area (Å²) in [6, 6.07) is 0. The van der Waals surface area contributed by atoms with E-state index in [0.29, 0.717) is 6.54 Å². The molecule has 3 rings (SSSR count). The van der Waals surface area contributed by atoms with Crippen molar-refractivity contribution in [1.29, 1.82) is 0 Å². The van der Waals surface area contributed by atoms with E-state index in [2.05, 4.69) is 10.4 Å². The summed E-state index contributed by atoms with van der Waals surface area (Å²) in [5.41, 5.74) is 8.49. The normalized spacial score (nSPS) is 30.8. The van der Waals surface area contributed by atoms with Gasteiger partial charge in [0.2, 0.25) is 5.91 Å². The monoisotopic (exact) mass is 356 g/mol. The lowest BCUT2D eigenvalue weighted by Crippen LogP contribution is -2.82. The molecule has 3 atom stereocenters. The number of hydrogen-bond donors (Lipinski definition) is 2. The fourth-order valence-electron chi connectivity index (χ4n) is 4.43. The second kappa shape index (κ2) is 6.32. The number of aromatic nitrogens is 2. The minimum atomic E-state index is -0.859. The van der Waals surface area contributed by atoms with Crippen LogP contribution in [0.3, 0.4) is 0 Å². The van der Waals surface area contributed by atoms with Crippen molar-refractivity contribution in [2.24, 2.45) is 24.1 Å². The van der Waals surface area contributed by atoms with E-state index in [1.807, 2.05) is 39.4 Å². The van der Waals surface area contributed by atoms with Gasteiger partial charge in [0.1, 0.15) is 5.54 Å². The third-order valence-corrected chi connectivity index (χ3v) is 6.14.